The molecular weight excluding hydrogens is 453 g/mol. The number of aromatic nitrogens is 2. The molecular formula is C23H21ClFN3O5. The minimum atomic E-state index is -0.743. The van der Waals surface area contributed by atoms with Crippen LogP contribution in [0.5, 0.6) is 11.5 Å². The number of halogens is 2. The Morgan fingerprint density at radius 2 is 1.88 bits per heavy atom. The number of methoxy groups -OCH3 is 2. The van der Waals surface area contributed by atoms with Crippen molar-refractivity contribution >= 4 is 35.2 Å². The van der Waals surface area contributed by atoms with E-state index in [1.165, 1.54) is 49.2 Å². The predicted molar refractivity (Wildman–Crippen MR) is 121 cm³/mol. The highest BCUT2D eigenvalue weighted by atomic mass is 35.5. The van der Waals surface area contributed by atoms with Crippen LogP contribution in [0.3, 0.4) is 0 Å². The molecule has 1 amide bonds. The lowest BCUT2D eigenvalue weighted by Gasteiger charge is -2.11. The first-order chi connectivity index (χ1) is 15.8. The van der Waals surface area contributed by atoms with Gasteiger partial charge in [0.05, 0.1) is 31.3 Å². The number of nitrogens with one attached hydrogen (secondary N) is 1. The molecule has 3 aromatic rings. The monoisotopic (exact) mass is 473 g/mol. The van der Waals surface area contributed by atoms with E-state index in [9.17, 15) is 14.0 Å². The van der Waals surface area contributed by atoms with Crippen molar-refractivity contribution in [2.24, 2.45) is 0 Å². The van der Waals surface area contributed by atoms with Gasteiger partial charge < -0.3 is 19.5 Å². The topological polar surface area (TPSA) is 91.7 Å². The summed E-state index contributed by atoms with van der Waals surface area (Å²) in [5.41, 5.74) is 1.99. The smallest absolute Gasteiger partial charge is 0.331 e. The number of benzene rings is 2. The molecule has 0 saturated heterocycles. The van der Waals surface area contributed by atoms with Gasteiger partial charge in [-0.1, -0.05) is 11.6 Å². The molecule has 0 spiro atoms. The Hall–Kier alpha value is -3.85. The number of aryl methyl sites for hydroxylation is 1. The van der Waals surface area contributed by atoms with E-state index in [0.717, 1.165) is 6.08 Å². The van der Waals surface area contributed by atoms with Gasteiger partial charge in [-0.15, -0.1) is 0 Å². The summed E-state index contributed by atoms with van der Waals surface area (Å²) >= 11 is 6.38. The van der Waals surface area contributed by atoms with Crippen LogP contribution in [0.1, 0.15) is 11.3 Å². The van der Waals surface area contributed by atoms with E-state index in [1.807, 2.05) is 0 Å². The van der Waals surface area contributed by atoms with Crippen LogP contribution in [0.25, 0.3) is 11.8 Å². The number of nitrogens with zero attached hydrogens (tertiary/aromatic N) is 2. The van der Waals surface area contributed by atoms with Crippen molar-refractivity contribution in [1.29, 1.82) is 0 Å². The summed E-state index contributed by atoms with van der Waals surface area (Å²) in [5, 5.41) is 7.16. The Bertz CT molecular complexity index is 1190. The maximum atomic E-state index is 13.2. The van der Waals surface area contributed by atoms with Gasteiger partial charge in [-0.05, 0) is 49.4 Å². The molecule has 0 aliphatic carbocycles. The van der Waals surface area contributed by atoms with Gasteiger partial charge in [-0.25, -0.2) is 13.9 Å². The molecule has 0 fully saturated rings. The van der Waals surface area contributed by atoms with Crippen molar-refractivity contribution in [2.75, 3.05) is 26.1 Å². The van der Waals surface area contributed by atoms with E-state index in [0.29, 0.717) is 34.1 Å². The molecule has 0 unspecified atom stereocenters. The van der Waals surface area contributed by atoms with Gasteiger partial charge >= 0.3 is 5.97 Å². The van der Waals surface area contributed by atoms with Crippen molar-refractivity contribution < 1.29 is 28.2 Å². The molecule has 0 aliphatic rings. The number of esters is 1. The van der Waals surface area contributed by atoms with Crippen LogP contribution < -0.4 is 14.8 Å². The molecule has 10 heteroatoms. The molecule has 2 aromatic carbocycles. The molecule has 0 atom stereocenters. The molecule has 8 nitrogen and oxygen atoms in total. The van der Waals surface area contributed by atoms with Crippen molar-refractivity contribution in [3.63, 3.8) is 0 Å². The number of amides is 1. The third-order valence-corrected chi connectivity index (χ3v) is 4.90. The first kappa shape index (κ1) is 23.8. The molecule has 0 saturated carbocycles. The second kappa shape index (κ2) is 10.6. The fraction of sp³-hybridized carbons (Fsp3) is 0.174. The van der Waals surface area contributed by atoms with Crippen molar-refractivity contribution in [2.45, 2.75) is 6.92 Å². The fourth-order valence-corrected chi connectivity index (χ4v) is 3.22. The third kappa shape index (κ3) is 5.89. The van der Waals surface area contributed by atoms with Crippen LogP contribution in [0.2, 0.25) is 5.15 Å². The molecule has 1 aromatic heterocycles. The van der Waals surface area contributed by atoms with Crippen LogP contribution in [-0.4, -0.2) is 42.5 Å². The van der Waals surface area contributed by atoms with Crippen molar-refractivity contribution in [1.82, 2.24) is 9.78 Å². The predicted octanol–water partition coefficient (Wildman–Crippen LogP) is 4.19. The standard InChI is InChI=1S/C23H21ClFN3O5/c1-14-18(23(24)28(27-14)16-6-4-15(25)5-7-16)9-11-22(30)33-13-21(29)26-19-12-17(31-2)8-10-20(19)32-3/h4-12H,13H2,1-3H3,(H,26,29)/b11-9+. The van der Waals surface area contributed by atoms with Gasteiger partial charge in [-0.3, -0.25) is 4.79 Å². The van der Waals surface area contributed by atoms with E-state index < -0.39 is 18.5 Å². The lowest BCUT2D eigenvalue weighted by Crippen LogP contribution is -2.20. The summed E-state index contributed by atoms with van der Waals surface area (Å²) < 4.78 is 29.9. The van der Waals surface area contributed by atoms with Crippen LogP contribution in [-0.2, 0) is 14.3 Å². The Morgan fingerprint density at radius 1 is 1.15 bits per heavy atom. The second-order valence-electron chi connectivity index (χ2n) is 6.73. The fourth-order valence-electron chi connectivity index (χ4n) is 2.89. The average molecular weight is 474 g/mol. The Labute approximate surface area is 194 Å². The highest BCUT2D eigenvalue weighted by Crippen LogP contribution is 2.29. The number of carbonyl (C=O) groups excluding carboxylic acids is 2. The number of hydrogen-bond donors (Lipinski definition) is 1. The molecule has 172 valence electrons. The van der Waals surface area contributed by atoms with Crippen LogP contribution in [0, 0.1) is 12.7 Å². The van der Waals surface area contributed by atoms with E-state index >= 15 is 0 Å². The maximum absolute atomic E-state index is 13.2. The van der Waals surface area contributed by atoms with Crippen LogP contribution in [0.15, 0.2) is 48.5 Å². The van der Waals surface area contributed by atoms with Gasteiger partial charge in [0.25, 0.3) is 5.91 Å². The van der Waals surface area contributed by atoms with Gasteiger partial charge in [-0.2, -0.15) is 5.10 Å². The lowest BCUT2D eigenvalue weighted by molar-refractivity contribution is -0.142. The van der Waals surface area contributed by atoms with Gasteiger partial charge in [0, 0.05) is 17.7 Å². The van der Waals surface area contributed by atoms with Crippen LogP contribution in [0.4, 0.5) is 10.1 Å². The van der Waals surface area contributed by atoms with E-state index in [-0.39, 0.29) is 11.0 Å². The average Bonchev–Trinajstić information content (AvgIpc) is 3.09. The first-order valence-electron chi connectivity index (χ1n) is 9.70. The normalized spacial score (nSPS) is 10.8. The Balaban J connectivity index is 1.62. The van der Waals surface area contributed by atoms with Crippen LogP contribution >= 0.6 is 11.6 Å². The minimum Gasteiger partial charge on any atom is -0.497 e. The molecule has 0 aliphatic heterocycles. The number of anilines is 1. The highest BCUT2D eigenvalue weighted by molar-refractivity contribution is 6.31. The summed E-state index contributed by atoms with van der Waals surface area (Å²) in [6.07, 6.45) is 2.58. The number of hydrogen-bond acceptors (Lipinski definition) is 6. The van der Waals surface area contributed by atoms with Crippen molar-refractivity contribution in [3.05, 3.63) is 70.8 Å². The Morgan fingerprint density at radius 3 is 2.55 bits per heavy atom. The maximum Gasteiger partial charge on any atom is 0.331 e. The van der Waals surface area contributed by atoms with Gasteiger partial charge in [0.15, 0.2) is 6.61 Å². The van der Waals surface area contributed by atoms with E-state index in [2.05, 4.69) is 10.4 Å². The zero-order valence-electron chi connectivity index (χ0n) is 18.1. The molecule has 1 heterocycles. The van der Waals surface area contributed by atoms with E-state index in [1.54, 1.807) is 25.1 Å². The molecule has 0 bridgehead atoms. The minimum absolute atomic E-state index is 0.242. The van der Waals surface area contributed by atoms with Gasteiger partial charge in [0.2, 0.25) is 0 Å². The van der Waals surface area contributed by atoms with Gasteiger partial charge in [0.1, 0.15) is 22.5 Å². The largest absolute Gasteiger partial charge is 0.497 e. The molecule has 3 rings (SSSR count). The third-order valence-electron chi connectivity index (χ3n) is 4.53. The van der Waals surface area contributed by atoms with E-state index in [4.69, 9.17) is 25.8 Å². The molecule has 1 N–H and O–H groups in total. The molecule has 0 radical (unpaired) electrons. The summed E-state index contributed by atoms with van der Waals surface area (Å²) in [4.78, 5) is 24.3. The summed E-state index contributed by atoms with van der Waals surface area (Å²) in [6.45, 7) is 1.21. The molecule has 33 heavy (non-hydrogen) atoms. The quantitative estimate of drug-likeness (QED) is 0.389. The zero-order chi connectivity index (χ0) is 24.0. The number of rotatable bonds is 8. The summed E-state index contributed by atoms with van der Waals surface area (Å²) in [7, 11) is 2.96. The lowest BCUT2D eigenvalue weighted by atomic mass is 10.2. The summed E-state index contributed by atoms with van der Waals surface area (Å²) in [5.74, 6) is -0.719. The van der Waals surface area contributed by atoms with Crippen molar-refractivity contribution in [3.8, 4) is 17.2 Å². The first-order valence-corrected chi connectivity index (χ1v) is 10.1. The highest BCUT2D eigenvalue weighted by Gasteiger charge is 2.14. The Kier molecular flexibility index (Phi) is 7.68. The second-order valence-corrected chi connectivity index (χ2v) is 7.09. The SMILES string of the molecule is COc1ccc(OC)c(NC(=O)COC(=O)/C=C/c2c(C)nn(-c3ccc(F)cc3)c2Cl)c1. The zero-order valence-corrected chi connectivity index (χ0v) is 18.9. The summed E-state index contributed by atoms with van der Waals surface area (Å²) in [6, 6.07) is 10.6. The number of ether oxygens (including phenoxy) is 3. The number of carbonyl (C=O) groups is 2.